The summed E-state index contributed by atoms with van der Waals surface area (Å²) in [5, 5.41) is 2.82. The van der Waals surface area contributed by atoms with Crippen molar-refractivity contribution in [2.45, 2.75) is 0 Å². The Morgan fingerprint density at radius 1 is 1.21 bits per heavy atom. The lowest BCUT2D eigenvalue weighted by Gasteiger charge is -2.06. The maximum absolute atomic E-state index is 11.6. The van der Waals surface area contributed by atoms with E-state index in [1.165, 1.54) is 0 Å². The lowest BCUT2D eigenvalue weighted by Crippen LogP contribution is -2.18. The number of ether oxygens (including phenoxy) is 1. The zero-order valence-corrected chi connectivity index (χ0v) is 10.6. The van der Waals surface area contributed by atoms with Crippen LogP contribution < -0.4 is 15.8 Å². The smallest absolute Gasteiger partial charge is 0.176 e. The quantitative estimate of drug-likeness (QED) is 0.799. The molecule has 0 saturated carbocycles. The molecule has 2 rings (SSSR count). The van der Waals surface area contributed by atoms with Gasteiger partial charge in [0, 0.05) is 5.56 Å². The van der Waals surface area contributed by atoms with Crippen molar-refractivity contribution in [1.29, 1.82) is 0 Å². The molecule has 0 fully saturated rings. The second kappa shape index (κ2) is 5.97. The number of anilines is 1. The minimum Gasteiger partial charge on any atom is -0.456 e. The highest BCUT2D eigenvalue weighted by atomic mass is 16.5. The number of nitrogen functional groups attached to an aromatic ring is 1. The average Bonchev–Trinajstić information content (AvgIpc) is 2.42. The molecule has 2 aromatic rings. The number of ketones is 1. The first-order valence-electron chi connectivity index (χ1n) is 5.86. The number of benzene rings is 1. The molecule has 0 spiro atoms. The number of pyridine rings is 1. The molecule has 5 nitrogen and oxygen atoms in total. The van der Waals surface area contributed by atoms with Gasteiger partial charge in [-0.2, -0.15) is 0 Å². The van der Waals surface area contributed by atoms with Crippen LogP contribution in [-0.4, -0.2) is 24.4 Å². The first-order chi connectivity index (χ1) is 9.19. The van der Waals surface area contributed by atoms with Gasteiger partial charge in [0.1, 0.15) is 17.3 Å². The maximum Gasteiger partial charge on any atom is 0.176 e. The number of carbonyl (C=O) groups is 1. The van der Waals surface area contributed by atoms with Gasteiger partial charge in [0.15, 0.2) is 5.78 Å². The predicted octanol–water partition coefficient (Wildman–Crippen LogP) is 1.86. The summed E-state index contributed by atoms with van der Waals surface area (Å²) in [6.07, 6.45) is 1.55. The van der Waals surface area contributed by atoms with Crippen LogP contribution in [0.5, 0.6) is 11.5 Å². The van der Waals surface area contributed by atoms with E-state index in [1.54, 1.807) is 49.6 Å². The number of carbonyl (C=O) groups excluding carboxylic acids is 1. The van der Waals surface area contributed by atoms with Crippen LogP contribution in [0, 0.1) is 0 Å². The van der Waals surface area contributed by atoms with Crippen LogP contribution in [0.2, 0.25) is 0 Å². The van der Waals surface area contributed by atoms with Crippen molar-refractivity contribution in [1.82, 2.24) is 10.3 Å². The Balaban J connectivity index is 2.06. The fourth-order valence-corrected chi connectivity index (χ4v) is 1.56. The molecule has 0 radical (unpaired) electrons. The van der Waals surface area contributed by atoms with Gasteiger partial charge >= 0.3 is 0 Å². The summed E-state index contributed by atoms with van der Waals surface area (Å²) >= 11 is 0. The van der Waals surface area contributed by atoms with E-state index in [2.05, 4.69) is 10.3 Å². The lowest BCUT2D eigenvalue weighted by atomic mass is 10.1. The largest absolute Gasteiger partial charge is 0.456 e. The standard InChI is InChI=1S/C14H15N3O2/c1-16-9-13(18)10-2-4-11(5-3-10)19-12-6-7-14(15)17-8-12/h2-8,16H,9H2,1H3,(H2,15,17). The van der Waals surface area contributed by atoms with Crippen molar-refractivity contribution >= 4 is 11.6 Å². The van der Waals surface area contributed by atoms with Crippen molar-refractivity contribution in [3.8, 4) is 11.5 Å². The van der Waals surface area contributed by atoms with Crippen LogP contribution in [-0.2, 0) is 0 Å². The summed E-state index contributed by atoms with van der Waals surface area (Å²) in [6, 6.07) is 10.4. The SMILES string of the molecule is CNCC(=O)c1ccc(Oc2ccc(N)nc2)cc1. The van der Waals surface area contributed by atoms with Crippen molar-refractivity contribution in [3.63, 3.8) is 0 Å². The third-order valence-corrected chi connectivity index (χ3v) is 2.51. The average molecular weight is 257 g/mol. The lowest BCUT2D eigenvalue weighted by molar-refractivity contribution is 0.0993. The second-order valence-electron chi connectivity index (χ2n) is 4.00. The molecule has 0 aliphatic carbocycles. The molecule has 0 atom stereocenters. The molecule has 19 heavy (non-hydrogen) atoms. The van der Waals surface area contributed by atoms with Crippen molar-refractivity contribution in [3.05, 3.63) is 48.2 Å². The Kier molecular flexibility index (Phi) is 4.10. The van der Waals surface area contributed by atoms with Crippen LogP contribution in [0.4, 0.5) is 5.82 Å². The molecular formula is C14H15N3O2. The monoisotopic (exact) mass is 257 g/mol. The van der Waals surface area contributed by atoms with E-state index < -0.39 is 0 Å². The van der Waals surface area contributed by atoms with E-state index in [9.17, 15) is 4.79 Å². The summed E-state index contributed by atoms with van der Waals surface area (Å²) in [4.78, 5) is 15.6. The molecule has 1 heterocycles. The van der Waals surface area contributed by atoms with Gasteiger partial charge in [-0.05, 0) is 43.4 Å². The molecule has 5 heteroatoms. The molecule has 1 aromatic carbocycles. The Bertz CT molecular complexity index is 550. The summed E-state index contributed by atoms with van der Waals surface area (Å²) < 4.78 is 5.58. The molecule has 0 bridgehead atoms. The Morgan fingerprint density at radius 2 is 1.89 bits per heavy atom. The van der Waals surface area contributed by atoms with Crippen molar-refractivity contribution < 1.29 is 9.53 Å². The molecule has 3 N–H and O–H groups in total. The number of aromatic nitrogens is 1. The van der Waals surface area contributed by atoms with Crippen LogP contribution in [0.15, 0.2) is 42.6 Å². The van der Waals surface area contributed by atoms with E-state index in [0.717, 1.165) is 0 Å². The van der Waals surface area contributed by atoms with Crippen LogP contribution in [0.25, 0.3) is 0 Å². The topological polar surface area (TPSA) is 77.2 Å². The van der Waals surface area contributed by atoms with Gasteiger partial charge in [-0.3, -0.25) is 4.79 Å². The summed E-state index contributed by atoms with van der Waals surface area (Å²) in [6.45, 7) is 0.322. The van der Waals surface area contributed by atoms with Gasteiger partial charge in [-0.25, -0.2) is 4.98 Å². The zero-order valence-electron chi connectivity index (χ0n) is 10.6. The van der Waals surface area contributed by atoms with E-state index in [-0.39, 0.29) is 5.78 Å². The summed E-state index contributed by atoms with van der Waals surface area (Å²) in [7, 11) is 1.74. The molecule has 0 saturated heterocycles. The zero-order chi connectivity index (χ0) is 13.7. The third kappa shape index (κ3) is 3.53. The first-order valence-corrected chi connectivity index (χ1v) is 5.86. The molecular weight excluding hydrogens is 242 g/mol. The van der Waals surface area contributed by atoms with Crippen molar-refractivity contribution in [2.75, 3.05) is 19.3 Å². The summed E-state index contributed by atoms with van der Waals surface area (Å²) in [5.74, 6) is 1.74. The number of nitrogens with two attached hydrogens (primary N) is 1. The Morgan fingerprint density at radius 3 is 2.47 bits per heavy atom. The highest BCUT2D eigenvalue weighted by Crippen LogP contribution is 2.21. The van der Waals surface area contributed by atoms with Gasteiger partial charge < -0.3 is 15.8 Å². The number of nitrogens with one attached hydrogen (secondary N) is 1. The number of hydrogen-bond donors (Lipinski definition) is 2. The van der Waals surface area contributed by atoms with Gasteiger partial charge in [-0.15, -0.1) is 0 Å². The maximum atomic E-state index is 11.6. The highest BCUT2D eigenvalue weighted by molar-refractivity contribution is 5.97. The first kappa shape index (κ1) is 13.0. The summed E-state index contributed by atoms with van der Waals surface area (Å²) in [5.41, 5.74) is 6.14. The van der Waals surface area contributed by atoms with Gasteiger partial charge in [0.2, 0.25) is 0 Å². The van der Waals surface area contributed by atoms with E-state index in [0.29, 0.717) is 29.4 Å². The molecule has 0 aliphatic heterocycles. The molecule has 1 aromatic heterocycles. The number of Topliss-reactive ketones (excluding diaryl/α,β-unsaturated/α-hetero) is 1. The second-order valence-corrected chi connectivity index (χ2v) is 4.00. The van der Waals surface area contributed by atoms with Crippen LogP contribution >= 0.6 is 0 Å². The minimum atomic E-state index is 0.0446. The van der Waals surface area contributed by atoms with Crippen LogP contribution in [0.3, 0.4) is 0 Å². The third-order valence-electron chi connectivity index (χ3n) is 2.51. The molecule has 0 amide bonds. The van der Waals surface area contributed by atoms with E-state index >= 15 is 0 Å². The molecule has 98 valence electrons. The predicted molar refractivity (Wildman–Crippen MR) is 73.4 cm³/mol. The Hall–Kier alpha value is -2.40. The number of hydrogen-bond acceptors (Lipinski definition) is 5. The molecule has 0 aliphatic rings. The fourth-order valence-electron chi connectivity index (χ4n) is 1.56. The minimum absolute atomic E-state index is 0.0446. The van der Waals surface area contributed by atoms with Gasteiger partial charge in [-0.1, -0.05) is 0 Å². The van der Waals surface area contributed by atoms with Crippen LogP contribution in [0.1, 0.15) is 10.4 Å². The van der Waals surface area contributed by atoms with E-state index in [4.69, 9.17) is 10.5 Å². The van der Waals surface area contributed by atoms with Gasteiger partial charge in [0.25, 0.3) is 0 Å². The van der Waals surface area contributed by atoms with E-state index in [1.807, 2.05) is 0 Å². The van der Waals surface area contributed by atoms with Gasteiger partial charge in [0.05, 0.1) is 12.7 Å². The van der Waals surface area contributed by atoms with Crippen molar-refractivity contribution in [2.24, 2.45) is 0 Å². The Labute approximate surface area is 111 Å². The number of nitrogens with zero attached hydrogens (tertiary/aromatic N) is 1. The molecule has 0 unspecified atom stereocenters. The number of rotatable bonds is 5. The normalized spacial score (nSPS) is 10.2. The fraction of sp³-hybridized carbons (Fsp3) is 0.143. The highest BCUT2D eigenvalue weighted by Gasteiger charge is 2.04. The number of likely N-dealkylation sites (N-methyl/N-ethyl adjacent to an activating group) is 1.